The van der Waals surface area contributed by atoms with Crippen molar-refractivity contribution in [3.63, 3.8) is 0 Å². The van der Waals surface area contributed by atoms with E-state index < -0.39 is 5.60 Å². The second-order valence-corrected chi connectivity index (χ2v) is 3.39. The van der Waals surface area contributed by atoms with Crippen molar-refractivity contribution in [1.82, 2.24) is 0 Å². The number of aliphatic hydroxyl groups is 1. The molecule has 0 aliphatic heterocycles. The van der Waals surface area contributed by atoms with E-state index >= 15 is 0 Å². The molecule has 0 aliphatic rings. The van der Waals surface area contributed by atoms with Crippen LogP contribution in [0.3, 0.4) is 0 Å². The van der Waals surface area contributed by atoms with E-state index in [9.17, 15) is 5.11 Å². The molecule has 0 atom stereocenters. The molecule has 1 nitrogen and oxygen atoms in total. The van der Waals surface area contributed by atoms with Crippen LogP contribution in [0.15, 0.2) is 12.2 Å². The quantitative estimate of drug-likeness (QED) is 0.479. The second kappa shape index (κ2) is 6.24. The van der Waals surface area contributed by atoms with E-state index in [2.05, 4.69) is 26.0 Å². The van der Waals surface area contributed by atoms with E-state index in [1.54, 1.807) is 0 Å². The summed E-state index contributed by atoms with van der Waals surface area (Å²) in [4.78, 5) is 0. The van der Waals surface area contributed by atoms with Crippen molar-refractivity contribution in [2.45, 2.75) is 58.5 Å². The Kier molecular flexibility index (Phi) is 6.09. The standard InChI is InChI=1S/C11H22O/c1-4-7-8-9-10-11(12,5-2)6-3/h4,7,12H,5-6,8-10H2,1-3H3. The van der Waals surface area contributed by atoms with Crippen molar-refractivity contribution in [2.75, 3.05) is 0 Å². The lowest BCUT2D eigenvalue weighted by Gasteiger charge is -2.24. The zero-order valence-corrected chi connectivity index (χ0v) is 8.64. The van der Waals surface area contributed by atoms with Gasteiger partial charge >= 0.3 is 0 Å². The lowest BCUT2D eigenvalue weighted by Crippen LogP contribution is -2.26. The van der Waals surface area contributed by atoms with Gasteiger partial charge in [-0.15, -0.1) is 0 Å². The summed E-state index contributed by atoms with van der Waals surface area (Å²) in [6, 6.07) is 0. The number of hydrogen-bond acceptors (Lipinski definition) is 1. The maximum absolute atomic E-state index is 9.90. The van der Waals surface area contributed by atoms with Gasteiger partial charge in [-0.3, -0.25) is 0 Å². The highest BCUT2D eigenvalue weighted by molar-refractivity contribution is 4.80. The summed E-state index contributed by atoms with van der Waals surface area (Å²) in [6.07, 6.45) is 9.10. The van der Waals surface area contributed by atoms with Crippen LogP contribution < -0.4 is 0 Å². The molecule has 0 aromatic rings. The number of hydrogen-bond donors (Lipinski definition) is 1. The molecular formula is C11H22O. The maximum Gasteiger partial charge on any atom is 0.0642 e. The molecule has 0 rings (SSSR count). The second-order valence-electron chi connectivity index (χ2n) is 3.39. The van der Waals surface area contributed by atoms with Gasteiger partial charge in [0.1, 0.15) is 0 Å². The van der Waals surface area contributed by atoms with Crippen LogP contribution in [-0.4, -0.2) is 10.7 Å². The Morgan fingerprint density at radius 1 is 1.25 bits per heavy atom. The molecule has 0 spiro atoms. The first-order chi connectivity index (χ1) is 5.68. The highest BCUT2D eigenvalue weighted by Crippen LogP contribution is 2.21. The first-order valence-electron chi connectivity index (χ1n) is 5.02. The molecule has 0 bridgehead atoms. The summed E-state index contributed by atoms with van der Waals surface area (Å²) in [5.74, 6) is 0. The van der Waals surface area contributed by atoms with Crippen LogP contribution in [0.25, 0.3) is 0 Å². The largest absolute Gasteiger partial charge is 0.390 e. The Bertz CT molecular complexity index is 123. The van der Waals surface area contributed by atoms with Gasteiger partial charge in [0.05, 0.1) is 5.60 Å². The van der Waals surface area contributed by atoms with Crippen molar-refractivity contribution in [2.24, 2.45) is 0 Å². The van der Waals surface area contributed by atoms with Gasteiger partial charge in [0.25, 0.3) is 0 Å². The van der Waals surface area contributed by atoms with Gasteiger partial charge < -0.3 is 5.11 Å². The van der Waals surface area contributed by atoms with E-state index in [1.807, 2.05) is 6.92 Å². The highest BCUT2D eigenvalue weighted by Gasteiger charge is 2.20. The Balaban J connectivity index is 3.58. The zero-order valence-electron chi connectivity index (χ0n) is 8.64. The molecule has 0 heterocycles. The van der Waals surface area contributed by atoms with E-state index in [0.29, 0.717) is 0 Å². The minimum absolute atomic E-state index is 0.401. The number of allylic oxidation sites excluding steroid dienone is 2. The molecule has 1 heteroatoms. The van der Waals surface area contributed by atoms with Gasteiger partial charge in [0.15, 0.2) is 0 Å². The Hall–Kier alpha value is -0.300. The number of unbranched alkanes of at least 4 members (excludes halogenated alkanes) is 1. The van der Waals surface area contributed by atoms with Crippen LogP contribution in [0.2, 0.25) is 0 Å². The zero-order chi connectivity index (χ0) is 9.45. The average molecular weight is 170 g/mol. The Morgan fingerprint density at radius 2 is 1.83 bits per heavy atom. The smallest absolute Gasteiger partial charge is 0.0642 e. The minimum Gasteiger partial charge on any atom is -0.390 e. The van der Waals surface area contributed by atoms with Crippen molar-refractivity contribution in [3.05, 3.63) is 12.2 Å². The molecule has 12 heavy (non-hydrogen) atoms. The highest BCUT2D eigenvalue weighted by atomic mass is 16.3. The van der Waals surface area contributed by atoms with Crippen molar-refractivity contribution < 1.29 is 5.11 Å². The molecule has 0 aromatic heterocycles. The van der Waals surface area contributed by atoms with Gasteiger partial charge in [-0.25, -0.2) is 0 Å². The van der Waals surface area contributed by atoms with E-state index in [-0.39, 0.29) is 0 Å². The molecule has 0 radical (unpaired) electrons. The minimum atomic E-state index is -0.401. The van der Waals surface area contributed by atoms with E-state index in [1.165, 1.54) is 0 Å². The summed E-state index contributed by atoms with van der Waals surface area (Å²) in [6.45, 7) is 6.14. The molecule has 0 unspecified atom stereocenters. The molecule has 0 saturated carbocycles. The van der Waals surface area contributed by atoms with Crippen molar-refractivity contribution in [3.8, 4) is 0 Å². The molecule has 0 fully saturated rings. The van der Waals surface area contributed by atoms with Gasteiger partial charge in [-0.05, 0) is 39.0 Å². The van der Waals surface area contributed by atoms with Gasteiger partial charge in [-0.2, -0.15) is 0 Å². The van der Waals surface area contributed by atoms with Crippen LogP contribution in [0.5, 0.6) is 0 Å². The third-order valence-electron chi connectivity index (χ3n) is 2.56. The predicted octanol–water partition coefficient (Wildman–Crippen LogP) is 3.28. The molecule has 72 valence electrons. The normalized spacial score (nSPS) is 12.7. The third kappa shape index (κ3) is 4.55. The average Bonchev–Trinajstić information content (AvgIpc) is 2.12. The lowest BCUT2D eigenvalue weighted by molar-refractivity contribution is 0.0220. The van der Waals surface area contributed by atoms with Gasteiger partial charge in [0, 0.05) is 0 Å². The van der Waals surface area contributed by atoms with Crippen molar-refractivity contribution in [1.29, 1.82) is 0 Å². The fraction of sp³-hybridized carbons (Fsp3) is 0.818. The number of rotatable bonds is 6. The van der Waals surface area contributed by atoms with Crippen molar-refractivity contribution >= 4 is 0 Å². The van der Waals surface area contributed by atoms with Crippen LogP contribution in [0.1, 0.15) is 52.9 Å². The van der Waals surface area contributed by atoms with Crippen LogP contribution in [0, 0.1) is 0 Å². The summed E-state index contributed by atoms with van der Waals surface area (Å²) in [5, 5.41) is 9.90. The van der Waals surface area contributed by atoms with E-state index in [0.717, 1.165) is 32.1 Å². The lowest BCUT2D eigenvalue weighted by atomic mass is 9.91. The fourth-order valence-electron chi connectivity index (χ4n) is 1.32. The molecule has 0 amide bonds. The summed E-state index contributed by atoms with van der Waals surface area (Å²) < 4.78 is 0. The topological polar surface area (TPSA) is 20.2 Å². The molecular weight excluding hydrogens is 148 g/mol. The summed E-state index contributed by atoms with van der Waals surface area (Å²) in [7, 11) is 0. The molecule has 0 saturated heterocycles. The van der Waals surface area contributed by atoms with Gasteiger partial charge in [-0.1, -0.05) is 26.0 Å². The molecule has 1 N–H and O–H groups in total. The van der Waals surface area contributed by atoms with Crippen LogP contribution >= 0.6 is 0 Å². The first kappa shape index (κ1) is 11.7. The van der Waals surface area contributed by atoms with Gasteiger partial charge in [0.2, 0.25) is 0 Å². The molecule has 0 aliphatic carbocycles. The SMILES string of the molecule is CC=CCCCC(O)(CC)CC. The fourth-order valence-corrected chi connectivity index (χ4v) is 1.32. The Labute approximate surface area is 76.5 Å². The van der Waals surface area contributed by atoms with Crippen LogP contribution in [0.4, 0.5) is 0 Å². The first-order valence-corrected chi connectivity index (χ1v) is 5.02. The summed E-state index contributed by atoms with van der Waals surface area (Å²) in [5.41, 5.74) is -0.401. The van der Waals surface area contributed by atoms with E-state index in [4.69, 9.17) is 0 Å². The summed E-state index contributed by atoms with van der Waals surface area (Å²) >= 11 is 0. The Morgan fingerprint density at radius 3 is 2.25 bits per heavy atom. The molecule has 0 aromatic carbocycles. The predicted molar refractivity (Wildman–Crippen MR) is 54.2 cm³/mol. The third-order valence-corrected chi connectivity index (χ3v) is 2.56. The van der Waals surface area contributed by atoms with Crippen LogP contribution in [-0.2, 0) is 0 Å². The monoisotopic (exact) mass is 170 g/mol. The maximum atomic E-state index is 9.90.